The van der Waals surface area contributed by atoms with Crippen molar-refractivity contribution in [3.63, 3.8) is 0 Å². The van der Waals surface area contributed by atoms with Crippen LogP contribution >= 0.6 is 0 Å². The Balaban J connectivity index is 1.01. The second-order valence-corrected chi connectivity index (χ2v) is 18.1. The molecule has 62 heavy (non-hydrogen) atoms. The minimum absolute atomic E-state index is 0.0226. The molecule has 0 saturated heterocycles. The summed E-state index contributed by atoms with van der Waals surface area (Å²) < 4.78 is 6.36. The van der Waals surface area contributed by atoms with Crippen LogP contribution in [0.5, 0.6) is 0 Å². The highest BCUT2D eigenvalue weighted by Gasteiger charge is 2.37. The first kappa shape index (κ1) is 36.4. The van der Waals surface area contributed by atoms with E-state index >= 15 is 0 Å². The lowest BCUT2D eigenvalue weighted by Gasteiger charge is -2.29. The number of nitrogens with zero attached hydrogens (tertiary/aromatic N) is 1. The Morgan fingerprint density at radius 2 is 0.903 bits per heavy atom. The average molecular weight is 796 g/mol. The molecule has 0 saturated carbocycles. The molecule has 2 aliphatic rings. The maximum absolute atomic E-state index is 6.36. The van der Waals surface area contributed by atoms with Crippen LogP contribution in [0.1, 0.15) is 49.9 Å². The summed E-state index contributed by atoms with van der Waals surface area (Å²) in [6.45, 7) is 9.40. The van der Waals surface area contributed by atoms with Crippen LogP contribution in [-0.4, -0.2) is 0 Å². The van der Waals surface area contributed by atoms with E-state index in [1.54, 1.807) is 0 Å². The number of para-hydroxylation sites is 2. The van der Waals surface area contributed by atoms with Crippen LogP contribution in [0.2, 0.25) is 0 Å². The third kappa shape index (κ3) is 5.43. The van der Waals surface area contributed by atoms with E-state index in [9.17, 15) is 0 Å². The van der Waals surface area contributed by atoms with Gasteiger partial charge in [0.15, 0.2) is 0 Å². The van der Waals surface area contributed by atoms with Gasteiger partial charge in [0.05, 0.1) is 5.69 Å². The zero-order valence-corrected chi connectivity index (χ0v) is 35.4. The van der Waals surface area contributed by atoms with E-state index in [0.29, 0.717) is 0 Å². The first-order valence-electron chi connectivity index (χ1n) is 21.8. The maximum Gasteiger partial charge on any atom is 0.136 e. The summed E-state index contributed by atoms with van der Waals surface area (Å²) in [5, 5.41) is 2.27. The van der Waals surface area contributed by atoms with Gasteiger partial charge in [0, 0.05) is 38.5 Å². The largest absolute Gasteiger partial charge is 0.456 e. The topological polar surface area (TPSA) is 16.4 Å². The summed E-state index contributed by atoms with van der Waals surface area (Å²) >= 11 is 0. The zero-order valence-electron chi connectivity index (χ0n) is 35.4. The molecule has 10 aromatic rings. The fourth-order valence-corrected chi connectivity index (χ4v) is 10.7. The number of benzene rings is 9. The van der Waals surface area contributed by atoms with E-state index in [0.717, 1.165) is 50.1 Å². The van der Waals surface area contributed by atoms with E-state index in [1.807, 2.05) is 12.1 Å². The second-order valence-electron chi connectivity index (χ2n) is 18.1. The highest BCUT2D eigenvalue weighted by Crippen LogP contribution is 2.54. The molecule has 0 atom stereocenters. The monoisotopic (exact) mass is 795 g/mol. The molecule has 2 heteroatoms. The number of fused-ring (bicyclic) bond motifs is 9. The Labute approximate surface area is 363 Å². The van der Waals surface area contributed by atoms with Crippen LogP contribution in [0.3, 0.4) is 0 Å². The lowest BCUT2D eigenvalue weighted by atomic mass is 9.82. The van der Waals surface area contributed by atoms with Gasteiger partial charge in [-0.25, -0.2) is 0 Å². The van der Waals surface area contributed by atoms with Crippen molar-refractivity contribution in [3.05, 3.63) is 222 Å². The summed E-state index contributed by atoms with van der Waals surface area (Å²) in [6, 6.07) is 73.6. The summed E-state index contributed by atoms with van der Waals surface area (Å²) in [5.74, 6) is 0. The Morgan fingerprint density at radius 1 is 0.339 bits per heavy atom. The van der Waals surface area contributed by atoms with Crippen LogP contribution in [0.4, 0.5) is 17.1 Å². The lowest BCUT2D eigenvalue weighted by molar-refractivity contribution is 0.660. The van der Waals surface area contributed by atoms with Crippen LogP contribution < -0.4 is 4.90 Å². The summed E-state index contributed by atoms with van der Waals surface area (Å²) in [7, 11) is 0. The Kier molecular flexibility index (Phi) is 7.96. The smallest absolute Gasteiger partial charge is 0.136 e. The molecule has 0 radical (unpaired) electrons. The van der Waals surface area contributed by atoms with Gasteiger partial charge in [-0.15, -0.1) is 0 Å². The first-order chi connectivity index (χ1) is 30.3. The van der Waals surface area contributed by atoms with E-state index in [2.05, 4.69) is 221 Å². The maximum atomic E-state index is 6.36. The zero-order chi connectivity index (χ0) is 41.7. The molecule has 1 heterocycles. The molecule has 0 spiro atoms. The molecule has 1 aromatic heterocycles. The molecule has 2 aliphatic carbocycles. The number of anilines is 3. The van der Waals surface area contributed by atoms with Gasteiger partial charge < -0.3 is 9.32 Å². The van der Waals surface area contributed by atoms with E-state index in [4.69, 9.17) is 4.42 Å². The van der Waals surface area contributed by atoms with Crippen molar-refractivity contribution in [2.75, 3.05) is 4.90 Å². The Hall–Kier alpha value is -7.42. The van der Waals surface area contributed by atoms with Crippen molar-refractivity contribution in [2.24, 2.45) is 0 Å². The minimum atomic E-state index is -0.100. The summed E-state index contributed by atoms with van der Waals surface area (Å²) in [4.78, 5) is 2.44. The van der Waals surface area contributed by atoms with Gasteiger partial charge in [-0.3, -0.25) is 0 Å². The molecular formula is C60H45NO. The predicted molar refractivity (Wildman–Crippen MR) is 260 cm³/mol. The average Bonchev–Trinajstić information content (AvgIpc) is 3.89. The fraction of sp³-hybridized carbons (Fsp3) is 0.100. The normalized spacial score (nSPS) is 14.1. The SMILES string of the molecule is CC1(C)c2ccccc2-c2cc(-c3ccc(N(c4cccc(-c5ccc6c(c5)oc5ccccc56)c4)c4ccccc4-c4cccc5c4-c4ccccc4C5(C)C)cc3)ccc21. The van der Waals surface area contributed by atoms with Gasteiger partial charge >= 0.3 is 0 Å². The molecule has 2 nitrogen and oxygen atoms in total. The second kappa shape index (κ2) is 13.5. The lowest BCUT2D eigenvalue weighted by Crippen LogP contribution is -2.15. The summed E-state index contributed by atoms with van der Waals surface area (Å²) in [6.07, 6.45) is 0. The first-order valence-corrected chi connectivity index (χ1v) is 21.8. The van der Waals surface area contributed by atoms with E-state index in [1.165, 1.54) is 66.8 Å². The van der Waals surface area contributed by atoms with Gasteiger partial charge in [-0.05, 0) is 127 Å². The van der Waals surface area contributed by atoms with Gasteiger partial charge in [0.25, 0.3) is 0 Å². The van der Waals surface area contributed by atoms with Crippen molar-refractivity contribution in [1.82, 2.24) is 0 Å². The number of hydrogen-bond acceptors (Lipinski definition) is 2. The minimum Gasteiger partial charge on any atom is -0.456 e. The van der Waals surface area contributed by atoms with Crippen LogP contribution in [0.25, 0.3) is 77.6 Å². The van der Waals surface area contributed by atoms with Gasteiger partial charge in [-0.1, -0.05) is 173 Å². The van der Waals surface area contributed by atoms with Crippen LogP contribution in [0, 0.1) is 0 Å². The molecule has 0 unspecified atom stereocenters. The third-order valence-corrected chi connectivity index (χ3v) is 13.9. The number of furan rings is 1. The highest BCUT2D eigenvalue weighted by molar-refractivity contribution is 6.06. The van der Waals surface area contributed by atoms with Crippen LogP contribution in [-0.2, 0) is 10.8 Å². The van der Waals surface area contributed by atoms with Gasteiger partial charge in [-0.2, -0.15) is 0 Å². The molecule has 0 bridgehead atoms. The number of hydrogen-bond donors (Lipinski definition) is 0. The molecule has 0 amide bonds. The molecule has 12 rings (SSSR count). The van der Waals surface area contributed by atoms with Crippen molar-refractivity contribution < 1.29 is 4.42 Å². The van der Waals surface area contributed by atoms with Crippen molar-refractivity contribution >= 4 is 39.0 Å². The van der Waals surface area contributed by atoms with Crippen molar-refractivity contribution in [2.45, 2.75) is 38.5 Å². The van der Waals surface area contributed by atoms with Crippen LogP contribution in [0.15, 0.2) is 205 Å². The molecular weight excluding hydrogens is 751 g/mol. The summed E-state index contributed by atoms with van der Waals surface area (Å²) in [5.41, 5.74) is 22.9. The van der Waals surface area contributed by atoms with Crippen molar-refractivity contribution in [1.29, 1.82) is 0 Å². The van der Waals surface area contributed by atoms with Crippen molar-refractivity contribution in [3.8, 4) is 55.6 Å². The van der Waals surface area contributed by atoms with E-state index < -0.39 is 0 Å². The van der Waals surface area contributed by atoms with Gasteiger partial charge in [0.1, 0.15) is 11.2 Å². The molecule has 296 valence electrons. The van der Waals surface area contributed by atoms with Gasteiger partial charge in [0.2, 0.25) is 0 Å². The molecule has 0 aliphatic heterocycles. The molecule has 0 N–H and O–H groups in total. The quantitative estimate of drug-likeness (QED) is 0.167. The highest BCUT2D eigenvalue weighted by atomic mass is 16.3. The predicted octanol–water partition coefficient (Wildman–Crippen LogP) is 16.7. The molecule has 9 aromatic carbocycles. The number of rotatable bonds is 6. The molecule has 0 fully saturated rings. The third-order valence-electron chi connectivity index (χ3n) is 13.9. The standard InChI is InChI=1S/C60H45NO/c1-59(2)51-22-9-5-17-44(51)50-36-40(30-34-53(50)59)38-27-31-42(32-28-38)61(43-16-13-15-39(35-43)41-29-33-47-46-19-8-12-26-56(46)62-57(47)37-41)55-25-11-7-18-45(55)48-21-14-24-54-58(48)49-20-6-10-23-52(49)60(54,3)4/h5-37H,1-4H3. The van der Waals surface area contributed by atoms with E-state index in [-0.39, 0.29) is 10.8 Å². The Bertz CT molecular complexity index is 3420. The Morgan fingerprint density at radius 3 is 1.74 bits per heavy atom. The fourth-order valence-electron chi connectivity index (χ4n) is 10.7.